The van der Waals surface area contributed by atoms with Gasteiger partial charge in [-0.2, -0.15) is 0 Å². The molecule has 90 valence electrons. The molecule has 0 amide bonds. The van der Waals surface area contributed by atoms with Gasteiger partial charge in [0.1, 0.15) is 12.2 Å². The third-order valence-corrected chi connectivity index (χ3v) is 4.64. The van der Waals surface area contributed by atoms with Gasteiger partial charge in [-0.25, -0.2) is 0 Å². The van der Waals surface area contributed by atoms with E-state index in [9.17, 15) is 0 Å². The van der Waals surface area contributed by atoms with E-state index in [4.69, 9.17) is 4.74 Å². The van der Waals surface area contributed by atoms with Crippen LogP contribution < -0.4 is 0 Å². The first kappa shape index (κ1) is 10.8. The SMILES string of the molecule is CCc1ccc2c(c1)C1OC1c1c(Br)cccc1-2. The molecule has 1 fully saturated rings. The molecule has 1 aliphatic heterocycles. The predicted molar refractivity (Wildman–Crippen MR) is 75.5 cm³/mol. The maximum atomic E-state index is 5.88. The number of fused-ring (bicyclic) bond motifs is 6. The van der Waals surface area contributed by atoms with Gasteiger partial charge in [-0.15, -0.1) is 0 Å². The summed E-state index contributed by atoms with van der Waals surface area (Å²) >= 11 is 3.65. The first-order valence-corrected chi connectivity index (χ1v) is 7.16. The molecule has 0 bridgehead atoms. The van der Waals surface area contributed by atoms with Gasteiger partial charge in [0.2, 0.25) is 0 Å². The maximum absolute atomic E-state index is 5.88. The Morgan fingerprint density at radius 1 is 1.11 bits per heavy atom. The highest BCUT2D eigenvalue weighted by molar-refractivity contribution is 9.10. The minimum Gasteiger partial charge on any atom is -0.359 e. The summed E-state index contributed by atoms with van der Waals surface area (Å²) < 4.78 is 7.05. The number of epoxide rings is 1. The molecule has 0 saturated carbocycles. The average Bonchev–Trinajstić information content (AvgIpc) is 3.18. The van der Waals surface area contributed by atoms with E-state index in [-0.39, 0.29) is 12.2 Å². The standard InChI is InChI=1S/C16H13BrO/c1-2-9-6-7-10-11-4-3-5-13(17)14(11)16-15(18-16)12(10)8-9/h3-8,15-16H,2H2,1H3. The molecule has 2 aromatic carbocycles. The van der Waals surface area contributed by atoms with Crippen molar-refractivity contribution in [2.45, 2.75) is 25.6 Å². The fraction of sp³-hybridized carbons (Fsp3) is 0.250. The Kier molecular flexibility index (Phi) is 2.21. The van der Waals surface area contributed by atoms with Crippen LogP contribution in [-0.4, -0.2) is 0 Å². The second-order valence-corrected chi connectivity index (χ2v) is 5.81. The Morgan fingerprint density at radius 2 is 2.00 bits per heavy atom. The van der Waals surface area contributed by atoms with Crippen LogP contribution in [0.2, 0.25) is 0 Å². The molecule has 2 aromatic rings. The number of benzene rings is 2. The number of rotatable bonds is 1. The molecular formula is C16H13BrO. The summed E-state index contributed by atoms with van der Waals surface area (Å²) in [5.41, 5.74) is 6.73. The quantitative estimate of drug-likeness (QED) is 0.689. The molecule has 0 N–H and O–H groups in total. The summed E-state index contributed by atoms with van der Waals surface area (Å²) in [7, 11) is 0. The Morgan fingerprint density at radius 3 is 2.83 bits per heavy atom. The van der Waals surface area contributed by atoms with Crippen LogP contribution in [0.4, 0.5) is 0 Å². The van der Waals surface area contributed by atoms with Gasteiger partial charge in [-0.1, -0.05) is 53.2 Å². The predicted octanol–water partition coefficient (Wildman–Crippen LogP) is 4.80. The van der Waals surface area contributed by atoms with Gasteiger partial charge in [0, 0.05) is 10.0 Å². The molecule has 2 aliphatic rings. The second-order valence-electron chi connectivity index (χ2n) is 4.95. The van der Waals surface area contributed by atoms with Gasteiger partial charge in [0.05, 0.1) is 0 Å². The lowest BCUT2D eigenvalue weighted by Gasteiger charge is -2.18. The third-order valence-electron chi connectivity index (χ3n) is 3.95. The van der Waals surface area contributed by atoms with Gasteiger partial charge in [0.25, 0.3) is 0 Å². The van der Waals surface area contributed by atoms with E-state index in [2.05, 4.69) is 59.3 Å². The molecule has 1 heterocycles. The van der Waals surface area contributed by atoms with Crippen LogP contribution in [0.25, 0.3) is 11.1 Å². The zero-order chi connectivity index (χ0) is 12.3. The topological polar surface area (TPSA) is 12.5 Å². The number of ether oxygens (including phenoxy) is 1. The fourth-order valence-electron chi connectivity index (χ4n) is 2.94. The summed E-state index contributed by atoms with van der Waals surface area (Å²) in [5.74, 6) is 0. The zero-order valence-electron chi connectivity index (χ0n) is 10.1. The summed E-state index contributed by atoms with van der Waals surface area (Å²) in [5, 5.41) is 0. The van der Waals surface area contributed by atoms with E-state index in [1.165, 1.54) is 27.8 Å². The molecule has 0 aromatic heterocycles. The van der Waals surface area contributed by atoms with E-state index in [1.54, 1.807) is 0 Å². The largest absolute Gasteiger partial charge is 0.359 e. The monoisotopic (exact) mass is 300 g/mol. The minimum atomic E-state index is 0.259. The van der Waals surface area contributed by atoms with E-state index >= 15 is 0 Å². The highest BCUT2D eigenvalue weighted by atomic mass is 79.9. The minimum absolute atomic E-state index is 0.259. The van der Waals surface area contributed by atoms with Crippen molar-refractivity contribution < 1.29 is 4.74 Å². The molecule has 4 rings (SSSR count). The lowest BCUT2D eigenvalue weighted by molar-refractivity contribution is 0.379. The molecular weight excluding hydrogens is 288 g/mol. The molecule has 1 nitrogen and oxygen atoms in total. The molecule has 1 saturated heterocycles. The van der Waals surface area contributed by atoms with Crippen LogP contribution in [0.5, 0.6) is 0 Å². The van der Waals surface area contributed by atoms with Crippen molar-refractivity contribution in [1.82, 2.24) is 0 Å². The highest BCUT2D eigenvalue weighted by Crippen LogP contribution is 2.60. The first-order chi connectivity index (χ1) is 8.79. The third kappa shape index (κ3) is 1.36. The van der Waals surface area contributed by atoms with Crippen molar-refractivity contribution >= 4 is 15.9 Å². The van der Waals surface area contributed by atoms with Gasteiger partial charge >= 0.3 is 0 Å². The van der Waals surface area contributed by atoms with E-state index < -0.39 is 0 Å². The fourth-order valence-corrected chi connectivity index (χ4v) is 3.53. The van der Waals surface area contributed by atoms with Crippen molar-refractivity contribution in [3.05, 3.63) is 57.6 Å². The van der Waals surface area contributed by atoms with Crippen LogP contribution in [0.3, 0.4) is 0 Å². The smallest absolute Gasteiger partial charge is 0.116 e. The molecule has 2 atom stereocenters. The Labute approximate surface area is 115 Å². The lowest BCUT2D eigenvalue weighted by atomic mass is 9.84. The van der Waals surface area contributed by atoms with Crippen molar-refractivity contribution in [2.75, 3.05) is 0 Å². The second kappa shape index (κ2) is 3.69. The number of hydrogen-bond donors (Lipinski definition) is 0. The molecule has 1 aliphatic carbocycles. The van der Waals surface area contributed by atoms with E-state index in [0.29, 0.717) is 0 Å². The van der Waals surface area contributed by atoms with E-state index in [1.807, 2.05) is 0 Å². The van der Waals surface area contributed by atoms with Gasteiger partial charge < -0.3 is 4.74 Å². The molecule has 18 heavy (non-hydrogen) atoms. The Bertz CT molecular complexity index is 648. The summed E-state index contributed by atoms with van der Waals surface area (Å²) in [6.45, 7) is 2.19. The summed E-state index contributed by atoms with van der Waals surface area (Å²) in [6.07, 6.45) is 1.61. The number of aryl methyl sites for hydroxylation is 1. The van der Waals surface area contributed by atoms with Crippen LogP contribution in [0.15, 0.2) is 40.9 Å². The molecule has 0 radical (unpaired) electrons. The number of halogens is 1. The highest BCUT2D eigenvalue weighted by Gasteiger charge is 2.48. The lowest BCUT2D eigenvalue weighted by Crippen LogP contribution is -2.01. The summed E-state index contributed by atoms with van der Waals surface area (Å²) in [4.78, 5) is 0. The molecule has 2 heteroatoms. The van der Waals surface area contributed by atoms with Crippen molar-refractivity contribution in [3.63, 3.8) is 0 Å². The van der Waals surface area contributed by atoms with Gasteiger partial charge in [0.15, 0.2) is 0 Å². The molecule has 2 unspecified atom stereocenters. The maximum Gasteiger partial charge on any atom is 0.116 e. The molecule has 0 spiro atoms. The van der Waals surface area contributed by atoms with Gasteiger partial charge in [-0.3, -0.25) is 0 Å². The Balaban J connectivity index is 2.00. The zero-order valence-corrected chi connectivity index (χ0v) is 11.7. The van der Waals surface area contributed by atoms with Crippen molar-refractivity contribution in [2.24, 2.45) is 0 Å². The summed E-state index contributed by atoms with van der Waals surface area (Å²) in [6, 6.07) is 13.2. The average molecular weight is 301 g/mol. The van der Waals surface area contributed by atoms with Crippen molar-refractivity contribution in [1.29, 1.82) is 0 Å². The van der Waals surface area contributed by atoms with Crippen LogP contribution in [0, 0.1) is 0 Å². The van der Waals surface area contributed by atoms with Gasteiger partial charge in [-0.05, 0) is 34.7 Å². The number of hydrogen-bond acceptors (Lipinski definition) is 1. The normalized spacial score (nSPS) is 23.0. The van der Waals surface area contributed by atoms with Crippen LogP contribution in [0.1, 0.15) is 35.8 Å². The Hall–Kier alpha value is -1.12. The van der Waals surface area contributed by atoms with Crippen molar-refractivity contribution in [3.8, 4) is 11.1 Å². The van der Waals surface area contributed by atoms with E-state index in [0.717, 1.165) is 10.9 Å². The van der Waals surface area contributed by atoms with Crippen LogP contribution >= 0.6 is 15.9 Å². The first-order valence-electron chi connectivity index (χ1n) is 6.36. The van der Waals surface area contributed by atoms with Crippen LogP contribution in [-0.2, 0) is 11.2 Å².